The van der Waals surface area contributed by atoms with Crippen LogP contribution in [0, 0.1) is 0 Å². The van der Waals surface area contributed by atoms with Crippen LogP contribution in [0.15, 0.2) is 35.7 Å². The van der Waals surface area contributed by atoms with Crippen molar-refractivity contribution in [2.75, 3.05) is 5.32 Å². The molecule has 5 nitrogen and oxygen atoms in total. The predicted molar refractivity (Wildman–Crippen MR) is 83.3 cm³/mol. The summed E-state index contributed by atoms with van der Waals surface area (Å²) in [6.45, 7) is 1.83. The average molecular weight is 325 g/mol. The van der Waals surface area contributed by atoms with Crippen LogP contribution in [0.2, 0.25) is 5.02 Å². The van der Waals surface area contributed by atoms with Crippen LogP contribution in [0.5, 0.6) is 0 Å². The number of anilines is 1. The lowest BCUT2D eigenvalue weighted by Gasteiger charge is -2.15. The number of carbonyl (C=O) groups excluding carboxylic acids is 1. The van der Waals surface area contributed by atoms with Gasteiger partial charge in [-0.1, -0.05) is 23.7 Å². The van der Waals surface area contributed by atoms with Crippen molar-refractivity contribution in [1.82, 2.24) is 5.32 Å². The molecule has 0 bridgehead atoms. The number of aromatic carboxylic acids is 1. The fourth-order valence-corrected chi connectivity index (χ4v) is 2.65. The molecule has 0 spiro atoms. The van der Waals surface area contributed by atoms with E-state index in [2.05, 4.69) is 10.6 Å². The Morgan fingerprint density at radius 3 is 2.52 bits per heavy atom. The van der Waals surface area contributed by atoms with Gasteiger partial charge in [-0.15, -0.1) is 11.3 Å². The van der Waals surface area contributed by atoms with Gasteiger partial charge in [-0.3, -0.25) is 5.32 Å². The fraction of sp³-hybridized carbons (Fsp3) is 0.143. The van der Waals surface area contributed by atoms with Gasteiger partial charge >= 0.3 is 12.0 Å². The Bertz CT molecular complexity index is 654. The van der Waals surface area contributed by atoms with Crippen LogP contribution in [-0.4, -0.2) is 17.1 Å². The molecule has 1 heterocycles. The van der Waals surface area contributed by atoms with Crippen molar-refractivity contribution in [1.29, 1.82) is 0 Å². The molecule has 110 valence electrons. The van der Waals surface area contributed by atoms with Crippen LogP contribution in [-0.2, 0) is 0 Å². The van der Waals surface area contributed by atoms with E-state index in [-0.39, 0.29) is 11.6 Å². The molecule has 0 aliphatic heterocycles. The van der Waals surface area contributed by atoms with Gasteiger partial charge in [0.25, 0.3) is 0 Å². The van der Waals surface area contributed by atoms with Gasteiger partial charge in [0.2, 0.25) is 0 Å². The highest BCUT2D eigenvalue weighted by molar-refractivity contribution is 7.14. The van der Waals surface area contributed by atoms with Gasteiger partial charge in [-0.05, 0) is 36.1 Å². The fourth-order valence-electron chi connectivity index (χ4n) is 1.75. The van der Waals surface area contributed by atoms with Gasteiger partial charge in [0, 0.05) is 5.02 Å². The summed E-state index contributed by atoms with van der Waals surface area (Å²) in [6.07, 6.45) is 0. The number of halogens is 1. The van der Waals surface area contributed by atoms with Gasteiger partial charge in [-0.2, -0.15) is 0 Å². The monoisotopic (exact) mass is 324 g/mol. The summed E-state index contributed by atoms with van der Waals surface area (Å²) in [7, 11) is 0. The largest absolute Gasteiger partial charge is 0.478 e. The second-order valence-electron chi connectivity index (χ2n) is 4.34. The van der Waals surface area contributed by atoms with E-state index >= 15 is 0 Å². The van der Waals surface area contributed by atoms with Crippen molar-refractivity contribution in [2.45, 2.75) is 13.0 Å². The number of urea groups is 1. The van der Waals surface area contributed by atoms with E-state index < -0.39 is 12.0 Å². The normalized spacial score (nSPS) is 11.7. The molecule has 3 N–H and O–H groups in total. The first-order valence-corrected chi connectivity index (χ1v) is 7.37. The third-order valence-corrected chi connectivity index (χ3v) is 3.92. The number of amides is 2. The molecule has 0 radical (unpaired) electrons. The molecule has 1 unspecified atom stereocenters. The SMILES string of the molecule is CC(NC(=O)Nc1sccc1C(=O)O)c1ccc(Cl)cc1. The Morgan fingerprint density at radius 2 is 1.90 bits per heavy atom. The second-order valence-corrected chi connectivity index (χ2v) is 5.69. The van der Waals surface area contributed by atoms with Gasteiger partial charge < -0.3 is 10.4 Å². The Labute approximate surface area is 130 Å². The standard InChI is InChI=1S/C14H13ClN2O3S/c1-8(9-2-4-10(15)5-3-9)16-14(20)17-12-11(13(18)19)6-7-21-12/h2-8H,1H3,(H,18,19)(H2,16,17,20). The zero-order chi connectivity index (χ0) is 15.4. The van der Waals surface area contributed by atoms with Gasteiger partial charge in [0.15, 0.2) is 0 Å². The van der Waals surface area contributed by atoms with Crippen LogP contribution in [0.25, 0.3) is 0 Å². The maximum Gasteiger partial charge on any atom is 0.338 e. The second kappa shape index (κ2) is 6.60. The maximum absolute atomic E-state index is 11.9. The first-order valence-electron chi connectivity index (χ1n) is 6.11. The van der Waals surface area contributed by atoms with E-state index in [1.54, 1.807) is 17.5 Å². The summed E-state index contributed by atoms with van der Waals surface area (Å²) in [5.41, 5.74) is 0.980. The van der Waals surface area contributed by atoms with Crippen LogP contribution in [0.1, 0.15) is 28.9 Å². The van der Waals surface area contributed by atoms with Gasteiger partial charge in [0.05, 0.1) is 11.6 Å². The molecule has 2 amide bonds. The quantitative estimate of drug-likeness (QED) is 0.796. The summed E-state index contributed by atoms with van der Waals surface area (Å²) in [6, 6.07) is 7.90. The molecule has 2 rings (SSSR count). The van der Waals surface area contributed by atoms with E-state index in [4.69, 9.17) is 16.7 Å². The van der Waals surface area contributed by atoms with Crippen molar-refractivity contribution in [2.24, 2.45) is 0 Å². The summed E-state index contributed by atoms with van der Waals surface area (Å²) in [4.78, 5) is 22.9. The topological polar surface area (TPSA) is 78.4 Å². The van der Waals surface area contributed by atoms with E-state index in [0.717, 1.165) is 16.9 Å². The van der Waals surface area contributed by atoms with Crippen molar-refractivity contribution < 1.29 is 14.7 Å². The number of hydrogen-bond acceptors (Lipinski definition) is 3. The third-order valence-electron chi connectivity index (χ3n) is 2.84. The molecular weight excluding hydrogens is 312 g/mol. The lowest BCUT2D eigenvalue weighted by Crippen LogP contribution is -2.31. The minimum atomic E-state index is -1.07. The number of hydrogen-bond donors (Lipinski definition) is 3. The zero-order valence-electron chi connectivity index (χ0n) is 11.1. The molecule has 7 heteroatoms. The Balaban J connectivity index is 1.99. The van der Waals surface area contributed by atoms with Crippen LogP contribution in [0.3, 0.4) is 0 Å². The molecule has 0 aliphatic rings. The molecule has 0 saturated heterocycles. The lowest BCUT2D eigenvalue weighted by molar-refractivity contribution is 0.0698. The molecule has 2 aromatic rings. The van der Waals surface area contributed by atoms with E-state index in [1.165, 1.54) is 6.07 Å². The molecule has 1 aromatic heterocycles. The minimum absolute atomic E-state index is 0.0781. The highest BCUT2D eigenvalue weighted by Gasteiger charge is 2.15. The van der Waals surface area contributed by atoms with Crippen LogP contribution < -0.4 is 10.6 Å². The number of benzene rings is 1. The molecule has 0 aliphatic carbocycles. The minimum Gasteiger partial charge on any atom is -0.478 e. The Morgan fingerprint density at radius 1 is 1.24 bits per heavy atom. The summed E-state index contributed by atoms with van der Waals surface area (Å²) >= 11 is 6.97. The molecular formula is C14H13ClN2O3S. The number of carbonyl (C=O) groups is 2. The number of carboxylic acids is 1. The van der Waals surface area contributed by atoms with E-state index in [9.17, 15) is 9.59 Å². The number of thiophene rings is 1. The zero-order valence-corrected chi connectivity index (χ0v) is 12.7. The molecule has 0 saturated carbocycles. The third kappa shape index (κ3) is 3.96. The number of rotatable bonds is 4. The van der Waals surface area contributed by atoms with E-state index in [0.29, 0.717) is 10.0 Å². The molecule has 1 aromatic carbocycles. The van der Waals surface area contributed by atoms with Crippen molar-refractivity contribution in [3.05, 3.63) is 51.9 Å². The summed E-state index contributed by atoms with van der Waals surface area (Å²) in [5, 5.41) is 16.8. The Hall–Kier alpha value is -2.05. The highest BCUT2D eigenvalue weighted by Crippen LogP contribution is 2.23. The van der Waals surface area contributed by atoms with Crippen LogP contribution >= 0.6 is 22.9 Å². The Kier molecular flexibility index (Phi) is 4.82. The smallest absolute Gasteiger partial charge is 0.338 e. The first-order chi connectivity index (χ1) is 9.97. The van der Waals surface area contributed by atoms with Gasteiger partial charge in [-0.25, -0.2) is 9.59 Å². The number of nitrogens with one attached hydrogen (secondary N) is 2. The van der Waals surface area contributed by atoms with Crippen molar-refractivity contribution in [3.63, 3.8) is 0 Å². The molecule has 0 fully saturated rings. The average Bonchev–Trinajstić information content (AvgIpc) is 2.87. The predicted octanol–water partition coefficient (Wildman–Crippen LogP) is 3.98. The van der Waals surface area contributed by atoms with Crippen molar-refractivity contribution >= 4 is 39.9 Å². The number of carboxylic acid groups (broad SMARTS) is 1. The van der Waals surface area contributed by atoms with Crippen LogP contribution in [0.4, 0.5) is 9.80 Å². The summed E-state index contributed by atoms with van der Waals surface area (Å²) in [5.74, 6) is -1.07. The van der Waals surface area contributed by atoms with Gasteiger partial charge in [0.1, 0.15) is 5.00 Å². The first kappa shape index (κ1) is 15.3. The highest BCUT2D eigenvalue weighted by atomic mass is 35.5. The summed E-state index contributed by atoms with van der Waals surface area (Å²) < 4.78 is 0. The van der Waals surface area contributed by atoms with E-state index in [1.807, 2.05) is 19.1 Å². The molecule has 1 atom stereocenters. The van der Waals surface area contributed by atoms with Crippen molar-refractivity contribution in [3.8, 4) is 0 Å². The molecule has 21 heavy (non-hydrogen) atoms. The maximum atomic E-state index is 11.9. The lowest BCUT2D eigenvalue weighted by atomic mass is 10.1.